The summed E-state index contributed by atoms with van der Waals surface area (Å²) in [6.07, 6.45) is 2.44. The van der Waals surface area contributed by atoms with E-state index in [9.17, 15) is 4.79 Å². The van der Waals surface area contributed by atoms with Crippen LogP contribution in [0.2, 0.25) is 0 Å². The van der Waals surface area contributed by atoms with Gasteiger partial charge in [0.2, 0.25) is 0 Å². The molecule has 1 fully saturated rings. The van der Waals surface area contributed by atoms with Crippen LogP contribution in [0, 0.1) is 0 Å². The lowest BCUT2D eigenvalue weighted by Gasteiger charge is -2.20. The van der Waals surface area contributed by atoms with Crippen molar-refractivity contribution in [3.8, 4) is 0 Å². The van der Waals surface area contributed by atoms with Gasteiger partial charge in [0.05, 0.1) is 19.3 Å². The average molecular weight is 249 g/mol. The van der Waals surface area contributed by atoms with Crippen molar-refractivity contribution in [1.82, 2.24) is 4.90 Å². The van der Waals surface area contributed by atoms with Gasteiger partial charge in [-0.3, -0.25) is 4.90 Å². The third-order valence-electron chi connectivity index (χ3n) is 3.21. The van der Waals surface area contributed by atoms with Gasteiger partial charge in [-0.1, -0.05) is 12.1 Å². The van der Waals surface area contributed by atoms with E-state index in [0.717, 1.165) is 12.1 Å². The van der Waals surface area contributed by atoms with Crippen molar-refractivity contribution in [2.45, 2.75) is 25.4 Å². The van der Waals surface area contributed by atoms with E-state index in [0.29, 0.717) is 18.2 Å². The lowest BCUT2D eigenvalue weighted by atomic mass is 10.1. The summed E-state index contributed by atoms with van der Waals surface area (Å²) in [7, 11) is 1.38. The van der Waals surface area contributed by atoms with Gasteiger partial charge in [-0.25, -0.2) is 4.79 Å². The second kappa shape index (κ2) is 5.98. The van der Waals surface area contributed by atoms with E-state index in [1.165, 1.54) is 20.0 Å². The largest absolute Gasteiger partial charge is 0.465 e. The molecule has 0 saturated heterocycles. The lowest BCUT2D eigenvalue weighted by molar-refractivity contribution is 0.0600. The van der Waals surface area contributed by atoms with Gasteiger partial charge < -0.3 is 9.84 Å². The van der Waals surface area contributed by atoms with Crippen molar-refractivity contribution < 1.29 is 14.6 Å². The Balaban J connectivity index is 1.98. The van der Waals surface area contributed by atoms with E-state index in [1.807, 2.05) is 12.1 Å². The number of aliphatic hydroxyl groups is 1. The SMILES string of the molecule is COC(=O)c1ccc(CN(CCO)C2CC2)cc1. The summed E-state index contributed by atoms with van der Waals surface area (Å²) in [6, 6.07) is 8.08. The fourth-order valence-electron chi connectivity index (χ4n) is 2.06. The average Bonchev–Trinajstić information content (AvgIpc) is 3.22. The molecule has 0 atom stereocenters. The molecular weight excluding hydrogens is 230 g/mol. The molecule has 18 heavy (non-hydrogen) atoms. The molecule has 1 aromatic carbocycles. The van der Waals surface area contributed by atoms with Crippen LogP contribution in [0.25, 0.3) is 0 Å². The highest BCUT2D eigenvalue weighted by Crippen LogP contribution is 2.27. The Morgan fingerprint density at radius 1 is 1.39 bits per heavy atom. The van der Waals surface area contributed by atoms with E-state index < -0.39 is 0 Å². The summed E-state index contributed by atoms with van der Waals surface area (Å²) < 4.78 is 4.66. The molecule has 0 spiro atoms. The number of ether oxygens (including phenoxy) is 1. The van der Waals surface area contributed by atoms with Gasteiger partial charge in [0.25, 0.3) is 0 Å². The van der Waals surface area contributed by atoms with Gasteiger partial charge in [0.1, 0.15) is 0 Å². The third-order valence-corrected chi connectivity index (χ3v) is 3.21. The van der Waals surface area contributed by atoms with Crippen LogP contribution in [-0.2, 0) is 11.3 Å². The number of benzene rings is 1. The molecule has 0 aromatic heterocycles. The summed E-state index contributed by atoms with van der Waals surface area (Å²) in [4.78, 5) is 13.6. The Kier molecular flexibility index (Phi) is 4.33. The van der Waals surface area contributed by atoms with E-state index >= 15 is 0 Å². The Morgan fingerprint density at radius 2 is 2.06 bits per heavy atom. The fourth-order valence-corrected chi connectivity index (χ4v) is 2.06. The predicted octanol–water partition coefficient (Wildman–Crippen LogP) is 1.43. The van der Waals surface area contributed by atoms with Crippen molar-refractivity contribution >= 4 is 5.97 Å². The second-order valence-electron chi connectivity index (χ2n) is 4.61. The van der Waals surface area contributed by atoms with Crippen LogP contribution in [0.1, 0.15) is 28.8 Å². The second-order valence-corrected chi connectivity index (χ2v) is 4.61. The maximum absolute atomic E-state index is 11.3. The molecule has 4 nitrogen and oxygen atoms in total. The van der Waals surface area contributed by atoms with Crippen LogP contribution in [0.15, 0.2) is 24.3 Å². The van der Waals surface area contributed by atoms with Crippen LogP contribution < -0.4 is 0 Å². The highest BCUT2D eigenvalue weighted by molar-refractivity contribution is 5.89. The minimum Gasteiger partial charge on any atom is -0.465 e. The summed E-state index contributed by atoms with van der Waals surface area (Å²) in [6.45, 7) is 1.73. The summed E-state index contributed by atoms with van der Waals surface area (Å²) in [5.74, 6) is -0.309. The molecule has 0 unspecified atom stereocenters. The van der Waals surface area contributed by atoms with Crippen molar-refractivity contribution in [1.29, 1.82) is 0 Å². The first-order valence-electron chi connectivity index (χ1n) is 6.26. The molecule has 4 heteroatoms. The molecular formula is C14H19NO3. The number of carbonyl (C=O) groups is 1. The van der Waals surface area contributed by atoms with Gasteiger partial charge in [0, 0.05) is 19.1 Å². The minimum atomic E-state index is -0.309. The first-order chi connectivity index (χ1) is 8.74. The van der Waals surface area contributed by atoms with Crippen LogP contribution in [0.4, 0.5) is 0 Å². The van der Waals surface area contributed by atoms with Gasteiger partial charge >= 0.3 is 5.97 Å². The maximum atomic E-state index is 11.3. The van der Waals surface area contributed by atoms with E-state index in [1.54, 1.807) is 12.1 Å². The van der Waals surface area contributed by atoms with E-state index in [4.69, 9.17) is 5.11 Å². The smallest absolute Gasteiger partial charge is 0.337 e. The van der Waals surface area contributed by atoms with Gasteiger partial charge in [-0.05, 0) is 30.5 Å². The number of rotatable bonds is 6. The number of nitrogens with zero attached hydrogens (tertiary/aromatic N) is 1. The zero-order chi connectivity index (χ0) is 13.0. The summed E-state index contributed by atoms with van der Waals surface area (Å²) in [5.41, 5.74) is 1.73. The quantitative estimate of drug-likeness (QED) is 0.775. The molecule has 0 amide bonds. The molecule has 0 radical (unpaired) electrons. The molecule has 1 saturated carbocycles. The summed E-state index contributed by atoms with van der Waals surface area (Å²) in [5, 5.41) is 9.04. The van der Waals surface area contributed by atoms with Crippen molar-refractivity contribution in [3.05, 3.63) is 35.4 Å². The number of carbonyl (C=O) groups excluding carboxylic acids is 1. The van der Waals surface area contributed by atoms with Crippen molar-refractivity contribution in [2.24, 2.45) is 0 Å². The molecule has 1 aliphatic carbocycles. The molecule has 0 heterocycles. The normalized spacial score (nSPS) is 14.8. The zero-order valence-corrected chi connectivity index (χ0v) is 10.6. The van der Waals surface area contributed by atoms with Crippen LogP contribution in [0.3, 0.4) is 0 Å². The molecule has 2 rings (SSSR count). The van der Waals surface area contributed by atoms with E-state index in [-0.39, 0.29) is 12.6 Å². The number of methoxy groups -OCH3 is 1. The maximum Gasteiger partial charge on any atom is 0.337 e. The van der Waals surface area contributed by atoms with E-state index in [2.05, 4.69) is 9.64 Å². The third kappa shape index (κ3) is 3.31. The first-order valence-corrected chi connectivity index (χ1v) is 6.26. The minimum absolute atomic E-state index is 0.191. The van der Waals surface area contributed by atoms with Gasteiger partial charge in [0.15, 0.2) is 0 Å². The molecule has 1 N–H and O–H groups in total. The fraction of sp³-hybridized carbons (Fsp3) is 0.500. The first kappa shape index (κ1) is 13.1. The van der Waals surface area contributed by atoms with Crippen LogP contribution in [-0.4, -0.2) is 42.3 Å². The highest BCUT2D eigenvalue weighted by atomic mass is 16.5. The van der Waals surface area contributed by atoms with Gasteiger partial charge in [-0.15, -0.1) is 0 Å². The topological polar surface area (TPSA) is 49.8 Å². The van der Waals surface area contributed by atoms with Crippen molar-refractivity contribution in [2.75, 3.05) is 20.3 Å². The zero-order valence-electron chi connectivity index (χ0n) is 10.6. The Morgan fingerprint density at radius 3 is 2.56 bits per heavy atom. The highest BCUT2D eigenvalue weighted by Gasteiger charge is 2.28. The Labute approximate surface area is 107 Å². The number of hydrogen-bond acceptors (Lipinski definition) is 4. The number of hydrogen-bond donors (Lipinski definition) is 1. The molecule has 0 bridgehead atoms. The van der Waals surface area contributed by atoms with Crippen LogP contribution >= 0.6 is 0 Å². The standard InChI is InChI=1S/C14H19NO3/c1-18-14(17)12-4-2-11(3-5-12)10-15(8-9-16)13-6-7-13/h2-5,13,16H,6-10H2,1H3. The number of esters is 1. The van der Waals surface area contributed by atoms with Gasteiger partial charge in [-0.2, -0.15) is 0 Å². The number of aliphatic hydroxyl groups excluding tert-OH is 1. The Hall–Kier alpha value is -1.39. The molecule has 98 valence electrons. The summed E-state index contributed by atoms with van der Waals surface area (Å²) >= 11 is 0. The monoisotopic (exact) mass is 249 g/mol. The molecule has 1 aliphatic rings. The molecule has 1 aromatic rings. The Bertz CT molecular complexity index is 398. The van der Waals surface area contributed by atoms with Crippen molar-refractivity contribution in [3.63, 3.8) is 0 Å². The predicted molar refractivity (Wildman–Crippen MR) is 68.3 cm³/mol. The molecule has 0 aliphatic heterocycles. The van der Waals surface area contributed by atoms with Crippen LogP contribution in [0.5, 0.6) is 0 Å². The lowest BCUT2D eigenvalue weighted by Crippen LogP contribution is -2.28.